The average molecular weight is 401 g/mol. The molecule has 0 bridgehead atoms. The van der Waals surface area contributed by atoms with Gasteiger partial charge in [-0.2, -0.15) is 0 Å². The minimum absolute atomic E-state index is 0.0828. The highest BCUT2D eigenvalue weighted by molar-refractivity contribution is 5.99. The molecular formula is C20H20FN3O5. The third kappa shape index (κ3) is 3.61. The zero-order valence-corrected chi connectivity index (χ0v) is 15.6. The number of carbonyl (C=O) groups is 2. The molecule has 2 aromatic rings. The molecule has 2 aliphatic rings. The molecule has 29 heavy (non-hydrogen) atoms. The number of hydrogen-bond donors (Lipinski definition) is 2. The summed E-state index contributed by atoms with van der Waals surface area (Å²) in [5.41, 5.74) is -0.662. The highest BCUT2D eigenvalue weighted by Gasteiger charge is 2.37. The van der Waals surface area contributed by atoms with E-state index in [1.165, 1.54) is 39.9 Å². The van der Waals surface area contributed by atoms with Crippen LogP contribution in [-0.2, 0) is 17.8 Å². The molecule has 9 heteroatoms. The molecule has 1 saturated heterocycles. The van der Waals surface area contributed by atoms with Gasteiger partial charge in [-0.1, -0.05) is 12.1 Å². The van der Waals surface area contributed by atoms with Crippen LogP contribution in [0.1, 0.15) is 39.3 Å². The van der Waals surface area contributed by atoms with E-state index in [2.05, 4.69) is 5.32 Å². The van der Waals surface area contributed by atoms with Crippen LogP contribution in [0.3, 0.4) is 0 Å². The fourth-order valence-corrected chi connectivity index (χ4v) is 3.59. The largest absolute Gasteiger partial charge is 0.503 e. The first-order valence-electron chi connectivity index (χ1n) is 9.37. The highest BCUT2D eigenvalue weighted by Crippen LogP contribution is 2.26. The second-order valence-electron chi connectivity index (χ2n) is 7.06. The van der Waals surface area contributed by atoms with Gasteiger partial charge in [0.05, 0.1) is 6.54 Å². The molecule has 3 heterocycles. The molecule has 4 rings (SSSR count). The molecule has 0 aliphatic carbocycles. The number of benzene rings is 1. The van der Waals surface area contributed by atoms with Gasteiger partial charge in [0.2, 0.25) is 5.43 Å². The van der Waals surface area contributed by atoms with Crippen LogP contribution in [0.4, 0.5) is 4.39 Å². The van der Waals surface area contributed by atoms with Crippen LogP contribution < -0.4 is 10.7 Å². The monoisotopic (exact) mass is 401 g/mol. The smallest absolute Gasteiger partial charge is 0.276 e. The number of hydrogen-bond acceptors (Lipinski definition) is 5. The molecule has 2 amide bonds. The fourth-order valence-electron chi connectivity index (χ4n) is 3.59. The van der Waals surface area contributed by atoms with Gasteiger partial charge < -0.3 is 24.6 Å². The van der Waals surface area contributed by atoms with Crippen LogP contribution in [-0.4, -0.2) is 45.8 Å². The summed E-state index contributed by atoms with van der Waals surface area (Å²) in [4.78, 5) is 39.4. The lowest BCUT2D eigenvalue weighted by Crippen LogP contribution is -2.50. The standard InChI is InChI=1S/C20H20FN3O5/c21-13-5-3-12(4-6-13)9-22-19(27)14-10-23-11-15-24(7-1-2-8-29-15)20(28)16(23)18(26)17(14)25/h3-6,10,15,26H,1-2,7-9,11H2,(H,22,27). The summed E-state index contributed by atoms with van der Waals surface area (Å²) in [7, 11) is 0. The predicted octanol–water partition coefficient (Wildman–Crippen LogP) is 1.22. The Labute approximate surface area is 165 Å². The second-order valence-corrected chi connectivity index (χ2v) is 7.06. The van der Waals surface area contributed by atoms with E-state index in [0.717, 1.165) is 12.8 Å². The van der Waals surface area contributed by atoms with Crippen LogP contribution in [0.2, 0.25) is 0 Å². The van der Waals surface area contributed by atoms with E-state index in [1.807, 2.05) is 0 Å². The van der Waals surface area contributed by atoms with Gasteiger partial charge in [-0.25, -0.2) is 4.39 Å². The lowest BCUT2D eigenvalue weighted by molar-refractivity contribution is -0.0488. The van der Waals surface area contributed by atoms with E-state index in [1.54, 1.807) is 0 Å². The highest BCUT2D eigenvalue weighted by atomic mass is 19.1. The van der Waals surface area contributed by atoms with Crippen molar-refractivity contribution in [2.45, 2.75) is 32.2 Å². The Balaban J connectivity index is 1.61. The van der Waals surface area contributed by atoms with E-state index in [-0.39, 0.29) is 24.3 Å². The summed E-state index contributed by atoms with van der Waals surface area (Å²) >= 11 is 0. The molecule has 2 aliphatic heterocycles. The number of aromatic nitrogens is 1. The third-order valence-corrected chi connectivity index (χ3v) is 5.13. The van der Waals surface area contributed by atoms with Gasteiger partial charge in [0.15, 0.2) is 17.7 Å². The van der Waals surface area contributed by atoms with Crippen molar-refractivity contribution >= 4 is 11.8 Å². The van der Waals surface area contributed by atoms with Crippen molar-refractivity contribution in [1.29, 1.82) is 0 Å². The number of pyridine rings is 1. The molecule has 0 saturated carbocycles. The second kappa shape index (κ2) is 7.67. The molecule has 1 atom stereocenters. The van der Waals surface area contributed by atoms with Gasteiger partial charge in [0, 0.05) is 25.9 Å². The van der Waals surface area contributed by atoms with Gasteiger partial charge in [-0.15, -0.1) is 0 Å². The molecular weight excluding hydrogens is 381 g/mol. The van der Waals surface area contributed by atoms with Crippen molar-refractivity contribution < 1.29 is 23.8 Å². The van der Waals surface area contributed by atoms with Gasteiger partial charge in [-0.05, 0) is 30.5 Å². The van der Waals surface area contributed by atoms with E-state index in [0.29, 0.717) is 18.7 Å². The normalized spacial score (nSPS) is 18.6. The van der Waals surface area contributed by atoms with Gasteiger partial charge in [0.25, 0.3) is 11.8 Å². The number of nitrogens with zero attached hydrogens (tertiary/aromatic N) is 2. The Kier molecular flexibility index (Phi) is 5.06. The molecule has 0 radical (unpaired) electrons. The topological polar surface area (TPSA) is 101 Å². The van der Waals surface area contributed by atoms with Crippen molar-refractivity contribution in [3.8, 4) is 5.75 Å². The van der Waals surface area contributed by atoms with Gasteiger partial charge in [0.1, 0.15) is 11.4 Å². The number of ether oxygens (including phenoxy) is 1. The van der Waals surface area contributed by atoms with E-state index in [4.69, 9.17) is 4.74 Å². The Morgan fingerprint density at radius 1 is 1.24 bits per heavy atom. The third-order valence-electron chi connectivity index (χ3n) is 5.13. The Morgan fingerprint density at radius 2 is 2.00 bits per heavy atom. The number of rotatable bonds is 3. The van der Waals surface area contributed by atoms with Crippen molar-refractivity contribution in [2.24, 2.45) is 0 Å². The Bertz CT molecular complexity index is 1020. The summed E-state index contributed by atoms with van der Waals surface area (Å²) in [5.74, 6) is -2.32. The van der Waals surface area contributed by atoms with E-state index < -0.39 is 35.0 Å². The van der Waals surface area contributed by atoms with Crippen LogP contribution in [0, 0.1) is 5.82 Å². The zero-order valence-electron chi connectivity index (χ0n) is 15.6. The summed E-state index contributed by atoms with van der Waals surface area (Å²) < 4.78 is 20.1. The molecule has 2 N–H and O–H groups in total. The number of nitrogens with one attached hydrogen (secondary N) is 1. The van der Waals surface area contributed by atoms with Crippen LogP contribution in [0.25, 0.3) is 0 Å². The van der Waals surface area contributed by atoms with Gasteiger partial charge >= 0.3 is 0 Å². The van der Waals surface area contributed by atoms with Crippen molar-refractivity contribution in [2.75, 3.05) is 13.2 Å². The molecule has 1 aromatic carbocycles. The molecule has 1 unspecified atom stereocenters. The number of carbonyl (C=O) groups excluding carboxylic acids is 2. The lowest BCUT2D eigenvalue weighted by atomic mass is 10.1. The molecule has 8 nitrogen and oxygen atoms in total. The first-order chi connectivity index (χ1) is 14.0. The van der Waals surface area contributed by atoms with Crippen LogP contribution in [0.5, 0.6) is 5.75 Å². The minimum Gasteiger partial charge on any atom is -0.503 e. The quantitative estimate of drug-likeness (QED) is 0.805. The summed E-state index contributed by atoms with van der Waals surface area (Å²) in [6.07, 6.45) is 2.37. The van der Waals surface area contributed by atoms with E-state index >= 15 is 0 Å². The first kappa shape index (κ1) is 19.1. The average Bonchev–Trinajstić information content (AvgIpc) is 2.95. The number of fused-ring (bicyclic) bond motifs is 2. The SMILES string of the molecule is O=C(NCc1ccc(F)cc1)c1cn2c(c(O)c1=O)C(=O)N1CCCCOC1C2. The summed E-state index contributed by atoms with van der Waals surface area (Å²) in [6, 6.07) is 5.57. The molecule has 1 fully saturated rings. The predicted molar refractivity (Wildman–Crippen MR) is 99.9 cm³/mol. The van der Waals surface area contributed by atoms with Crippen molar-refractivity contribution in [1.82, 2.24) is 14.8 Å². The fraction of sp³-hybridized carbons (Fsp3) is 0.350. The van der Waals surface area contributed by atoms with Gasteiger partial charge in [-0.3, -0.25) is 14.4 Å². The van der Waals surface area contributed by atoms with Crippen molar-refractivity contribution in [3.63, 3.8) is 0 Å². The van der Waals surface area contributed by atoms with E-state index in [9.17, 15) is 23.9 Å². The van der Waals surface area contributed by atoms with Crippen LogP contribution in [0.15, 0.2) is 35.3 Å². The zero-order chi connectivity index (χ0) is 20.5. The Hall–Kier alpha value is -3.20. The minimum atomic E-state index is -0.907. The number of halogens is 1. The molecule has 152 valence electrons. The maximum atomic E-state index is 13.0. The maximum absolute atomic E-state index is 13.0. The van der Waals surface area contributed by atoms with Crippen LogP contribution >= 0.6 is 0 Å². The Morgan fingerprint density at radius 3 is 2.76 bits per heavy atom. The van der Waals surface area contributed by atoms with Crippen molar-refractivity contribution in [3.05, 3.63) is 63.3 Å². The summed E-state index contributed by atoms with van der Waals surface area (Å²) in [5, 5.41) is 13.0. The molecule has 0 spiro atoms. The molecule has 1 aromatic heterocycles. The number of aromatic hydroxyl groups is 1. The summed E-state index contributed by atoms with van der Waals surface area (Å²) in [6.45, 7) is 1.30. The first-order valence-corrected chi connectivity index (χ1v) is 9.37. The number of amides is 2. The maximum Gasteiger partial charge on any atom is 0.276 e. The lowest BCUT2D eigenvalue weighted by Gasteiger charge is -2.36.